The van der Waals surface area contributed by atoms with Crippen molar-refractivity contribution in [3.8, 4) is 0 Å². The van der Waals surface area contributed by atoms with Gasteiger partial charge in [-0.25, -0.2) is 8.42 Å². The Morgan fingerprint density at radius 1 is 1.40 bits per heavy atom. The summed E-state index contributed by atoms with van der Waals surface area (Å²) in [5.74, 6) is 0.449. The van der Waals surface area contributed by atoms with Crippen LogP contribution in [0.2, 0.25) is 0 Å². The number of nitrogens with zero attached hydrogens (tertiary/aromatic N) is 1. The lowest BCUT2D eigenvalue weighted by molar-refractivity contribution is 0.135. The van der Waals surface area contributed by atoms with Crippen LogP contribution in [0.4, 0.5) is 0 Å². The van der Waals surface area contributed by atoms with Crippen molar-refractivity contribution in [3.63, 3.8) is 0 Å². The molecule has 1 unspecified atom stereocenters. The molecule has 0 radical (unpaired) electrons. The average molecular weight is 234 g/mol. The zero-order valence-electron chi connectivity index (χ0n) is 10.2. The first kappa shape index (κ1) is 12.9. The van der Waals surface area contributed by atoms with Gasteiger partial charge in [0, 0.05) is 24.7 Å². The van der Waals surface area contributed by atoms with Crippen LogP contribution in [0.15, 0.2) is 0 Å². The third-order valence-electron chi connectivity index (χ3n) is 3.04. The standard InChI is InChI=1S/C10H22N2O2S/c1-8(2)9-6-12(15(5,13)14)10(3,4)7-11-9/h8-9,11H,6-7H2,1-5H3. The zero-order chi connectivity index (χ0) is 11.9. The van der Waals surface area contributed by atoms with Crippen LogP contribution in [-0.2, 0) is 10.0 Å². The lowest BCUT2D eigenvalue weighted by Crippen LogP contribution is -2.64. The van der Waals surface area contributed by atoms with E-state index in [-0.39, 0.29) is 11.6 Å². The smallest absolute Gasteiger partial charge is 0.211 e. The van der Waals surface area contributed by atoms with Gasteiger partial charge in [0.25, 0.3) is 0 Å². The highest BCUT2D eigenvalue weighted by molar-refractivity contribution is 7.88. The summed E-state index contributed by atoms with van der Waals surface area (Å²) < 4.78 is 24.9. The Morgan fingerprint density at radius 2 is 1.93 bits per heavy atom. The van der Waals surface area contributed by atoms with Crippen molar-refractivity contribution >= 4 is 10.0 Å². The lowest BCUT2D eigenvalue weighted by Gasteiger charge is -2.45. The van der Waals surface area contributed by atoms with E-state index in [1.54, 1.807) is 4.31 Å². The number of rotatable bonds is 2. The highest BCUT2D eigenvalue weighted by Gasteiger charge is 2.39. The fourth-order valence-corrected chi connectivity index (χ4v) is 3.38. The van der Waals surface area contributed by atoms with Gasteiger partial charge < -0.3 is 5.32 Å². The number of hydrogen-bond donors (Lipinski definition) is 1. The second-order valence-electron chi connectivity index (χ2n) is 5.34. The van der Waals surface area contributed by atoms with Crippen molar-refractivity contribution < 1.29 is 8.42 Å². The van der Waals surface area contributed by atoms with Crippen LogP contribution >= 0.6 is 0 Å². The molecular formula is C10H22N2O2S. The average Bonchev–Trinajstić information content (AvgIpc) is 2.00. The Kier molecular flexibility index (Phi) is 3.48. The van der Waals surface area contributed by atoms with Crippen molar-refractivity contribution in [2.24, 2.45) is 5.92 Å². The van der Waals surface area contributed by atoms with E-state index in [1.807, 2.05) is 13.8 Å². The van der Waals surface area contributed by atoms with Crippen LogP contribution in [0.5, 0.6) is 0 Å². The van der Waals surface area contributed by atoms with E-state index in [1.165, 1.54) is 6.26 Å². The van der Waals surface area contributed by atoms with E-state index >= 15 is 0 Å². The quantitative estimate of drug-likeness (QED) is 0.763. The summed E-state index contributed by atoms with van der Waals surface area (Å²) in [7, 11) is -3.11. The van der Waals surface area contributed by atoms with Gasteiger partial charge in [-0.1, -0.05) is 13.8 Å². The molecule has 0 aromatic rings. The van der Waals surface area contributed by atoms with Crippen LogP contribution < -0.4 is 5.32 Å². The molecule has 5 heteroatoms. The SMILES string of the molecule is CC(C)C1CN(S(C)(=O)=O)C(C)(C)CN1. The molecule has 90 valence electrons. The van der Waals surface area contributed by atoms with Crippen LogP contribution in [0.25, 0.3) is 0 Å². The molecule has 1 aliphatic rings. The molecule has 0 aliphatic carbocycles. The van der Waals surface area contributed by atoms with Crippen LogP contribution in [0.3, 0.4) is 0 Å². The predicted octanol–water partition coefficient (Wildman–Crippen LogP) is 0.654. The van der Waals surface area contributed by atoms with E-state index in [2.05, 4.69) is 19.2 Å². The van der Waals surface area contributed by atoms with Gasteiger partial charge in [0.2, 0.25) is 10.0 Å². The van der Waals surface area contributed by atoms with E-state index < -0.39 is 10.0 Å². The topological polar surface area (TPSA) is 49.4 Å². The van der Waals surface area contributed by atoms with E-state index in [0.717, 1.165) is 0 Å². The summed E-state index contributed by atoms with van der Waals surface area (Å²) >= 11 is 0. The molecule has 1 saturated heterocycles. The Hall–Kier alpha value is -0.130. The molecular weight excluding hydrogens is 212 g/mol. The van der Waals surface area contributed by atoms with Crippen LogP contribution in [0, 0.1) is 5.92 Å². The highest BCUT2D eigenvalue weighted by Crippen LogP contribution is 2.23. The zero-order valence-corrected chi connectivity index (χ0v) is 11.1. The molecule has 4 nitrogen and oxygen atoms in total. The molecule has 1 atom stereocenters. The monoisotopic (exact) mass is 234 g/mol. The molecule has 0 amide bonds. The summed E-state index contributed by atoms with van der Waals surface area (Å²) in [6, 6.07) is 0.257. The molecule has 0 spiro atoms. The van der Waals surface area contributed by atoms with Crippen molar-refractivity contribution in [1.29, 1.82) is 0 Å². The first-order chi connectivity index (χ1) is 6.64. The van der Waals surface area contributed by atoms with Gasteiger partial charge in [-0.15, -0.1) is 0 Å². The first-order valence-corrected chi connectivity index (χ1v) is 7.20. The summed E-state index contributed by atoms with van der Waals surface area (Å²) in [6.45, 7) is 9.41. The normalized spacial score (nSPS) is 28.3. The molecule has 1 fully saturated rings. The molecule has 0 aromatic heterocycles. The van der Waals surface area contributed by atoms with E-state index in [9.17, 15) is 8.42 Å². The van der Waals surface area contributed by atoms with Crippen LogP contribution in [0.1, 0.15) is 27.7 Å². The summed E-state index contributed by atoms with van der Waals surface area (Å²) in [5, 5.41) is 3.40. The van der Waals surface area contributed by atoms with E-state index in [4.69, 9.17) is 0 Å². The summed E-state index contributed by atoms with van der Waals surface area (Å²) in [5.41, 5.74) is -0.320. The van der Waals surface area contributed by atoms with Gasteiger partial charge in [-0.3, -0.25) is 0 Å². The Morgan fingerprint density at radius 3 is 2.33 bits per heavy atom. The molecule has 0 bridgehead atoms. The van der Waals surface area contributed by atoms with Crippen molar-refractivity contribution in [2.75, 3.05) is 19.3 Å². The maximum atomic E-state index is 11.7. The van der Waals surface area contributed by atoms with Gasteiger partial charge >= 0.3 is 0 Å². The lowest BCUT2D eigenvalue weighted by atomic mass is 9.96. The predicted molar refractivity (Wildman–Crippen MR) is 62.3 cm³/mol. The molecule has 15 heavy (non-hydrogen) atoms. The number of nitrogens with one attached hydrogen (secondary N) is 1. The molecule has 0 aromatic carbocycles. The fourth-order valence-electron chi connectivity index (χ4n) is 1.99. The van der Waals surface area contributed by atoms with Crippen LogP contribution in [-0.4, -0.2) is 43.6 Å². The summed E-state index contributed by atoms with van der Waals surface area (Å²) in [4.78, 5) is 0. The Bertz CT molecular complexity index is 322. The minimum atomic E-state index is -3.11. The fraction of sp³-hybridized carbons (Fsp3) is 1.00. The number of piperazine rings is 1. The third-order valence-corrected chi connectivity index (χ3v) is 4.48. The molecule has 1 aliphatic heterocycles. The molecule has 1 rings (SSSR count). The molecule has 1 N–H and O–H groups in total. The minimum Gasteiger partial charge on any atom is -0.311 e. The van der Waals surface area contributed by atoms with Crippen molar-refractivity contribution in [3.05, 3.63) is 0 Å². The summed E-state index contributed by atoms with van der Waals surface area (Å²) in [6.07, 6.45) is 1.29. The highest BCUT2D eigenvalue weighted by atomic mass is 32.2. The second kappa shape index (κ2) is 4.03. The molecule has 0 saturated carbocycles. The Labute approximate surface area is 93.1 Å². The van der Waals surface area contributed by atoms with Gasteiger partial charge in [0.1, 0.15) is 0 Å². The van der Waals surface area contributed by atoms with Crippen molar-refractivity contribution in [2.45, 2.75) is 39.3 Å². The van der Waals surface area contributed by atoms with Gasteiger partial charge in [0.05, 0.1) is 6.26 Å². The minimum absolute atomic E-state index is 0.257. The third kappa shape index (κ3) is 2.92. The number of hydrogen-bond acceptors (Lipinski definition) is 3. The van der Waals surface area contributed by atoms with Gasteiger partial charge in [-0.2, -0.15) is 4.31 Å². The van der Waals surface area contributed by atoms with Gasteiger partial charge in [0.15, 0.2) is 0 Å². The maximum Gasteiger partial charge on any atom is 0.211 e. The maximum absolute atomic E-state index is 11.7. The van der Waals surface area contributed by atoms with E-state index in [0.29, 0.717) is 19.0 Å². The first-order valence-electron chi connectivity index (χ1n) is 5.36. The van der Waals surface area contributed by atoms with Gasteiger partial charge in [-0.05, 0) is 19.8 Å². The number of sulfonamides is 1. The van der Waals surface area contributed by atoms with Crippen molar-refractivity contribution in [1.82, 2.24) is 9.62 Å². The largest absolute Gasteiger partial charge is 0.311 e. The molecule has 1 heterocycles. The Balaban J connectivity index is 2.90. The second-order valence-corrected chi connectivity index (χ2v) is 7.24.